The Kier molecular flexibility index (Phi) is 4.65. The number of aromatic nitrogens is 2. The third kappa shape index (κ3) is 3.92. The van der Waals surface area contributed by atoms with Crippen molar-refractivity contribution >= 4 is 26.7 Å². The van der Waals surface area contributed by atoms with E-state index in [2.05, 4.69) is 46.5 Å². The monoisotopic (exact) mass is 391 g/mol. The normalized spacial score (nSPS) is 11.6. The quantitative estimate of drug-likeness (QED) is 0.547. The summed E-state index contributed by atoms with van der Waals surface area (Å²) >= 11 is 0. The summed E-state index contributed by atoms with van der Waals surface area (Å²) in [4.78, 5) is 4.82. The second-order valence-electron chi connectivity index (χ2n) is 6.95. The van der Waals surface area contributed by atoms with Crippen LogP contribution < -0.4 is 4.72 Å². The first-order valence-electron chi connectivity index (χ1n) is 8.98. The van der Waals surface area contributed by atoms with E-state index in [0.717, 1.165) is 28.7 Å². The van der Waals surface area contributed by atoms with Gasteiger partial charge in [-0.15, -0.1) is 0 Å². The highest BCUT2D eigenvalue weighted by atomic mass is 32.2. The fraction of sp³-hybridized carbons (Fsp3) is 0.136. The zero-order valence-electron chi connectivity index (χ0n) is 15.8. The smallest absolute Gasteiger partial charge is 0.229 e. The number of para-hydroxylation sites is 2. The van der Waals surface area contributed by atoms with E-state index < -0.39 is 10.0 Å². The molecular formula is C22H21N3O2S. The maximum Gasteiger partial charge on any atom is 0.229 e. The lowest BCUT2D eigenvalue weighted by Crippen LogP contribution is -2.09. The van der Waals surface area contributed by atoms with Crippen LogP contribution in [0, 0.1) is 6.92 Å². The molecule has 0 spiro atoms. The van der Waals surface area contributed by atoms with Crippen molar-refractivity contribution < 1.29 is 8.42 Å². The molecule has 5 nitrogen and oxygen atoms in total. The number of sulfonamides is 1. The van der Waals surface area contributed by atoms with Crippen molar-refractivity contribution in [2.24, 2.45) is 0 Å². The number of nitrogens with one attached hydrogen (secondary N) is 1. The van der Waals surface area contributed by atoms with Crippen LogP contribution in [0.2, 0.25) is 0 Å². The van der Waals surface area contributed by atoms with Gasteiger partial charge in [0.25, 0.3) is 0 Å². The summed E-state index contributed by atoms with van der Waals surface area (Å²) in [5, 5.41) is 0. The second-order valence-corrected chi connectivity index (χ2v) is 8.70. The van der Waals surface area contributed by atoms with Gasteiger partial charge >= 0.3 is 0 Å². The number of anilines is 1. The van der Waals surface area contributed by atoms with E-state index in [1.54, 1.807) is 6.07 Å². The molecule has 4 aromatic rings. The Morgan fingerprint density at radius 2 is 1.71 bits per heavy atom. The number of benzene rings is 3. The van der Waals surface area contributed by atoms with Gasteiger partial charge in [0.05, 0.1) is 17.3 Å². The molecule has 0 bridgehead atoms. The first kappa shape index (κ1) is 18.3. The van der Waals surface area contributed by atoms with Gasteiger partial charge in [0.1, 0.15) is 5.82 Å². The Morgan fingerprint density at radius 1 is 0.964 bits per heavy atom. The molecule has 4 rings (SSSR count). The van der Waals surface area contributed by atoms with E-state index in [1.807, 2.05) is 36.4 Å². The zero-order chi connectivity index (χ0) is 19.7. The van der Waals surface area contributed by atoms with Crippen molar-refractivity contribution in [3.8, 4) is 11.4 Å². The van der Waals surface area contributed by atoms with E-state index in [4.69, 9.17) is 4.98 Å². The Balaban J connectivity index is 1.83. The molecule has 0 atom stereocenters. The van der Waals surface area contributed by atoms with Gasteiger partial charge in [0, 0.05) is 17.8 Å². The van der Waals surface area contributed by atoms with Gasteiger partial charge < -0.3 is 4.57 Å². The highest BCUT2D eigenvalue weighted by molar-refractivity contribution is 7.92. The van der Waals surface area contributed by atoms with Crippen molar-refractivity contribution in [2.45, 2.75) is 13.5 Å². The van der Waals surface area contributed by atoms with Gasteiger partial charge in [-0.1, -0.05) is 54.1 Å². The van der Waals surface area contributed by atoms with E-state index in [9.17, 15) is 8.42 Å². The molecule has 0 aliphatic heterocycles. The number of nitrogens with zero attached hydrogens (tertiary/aromatic N) is 2. The van der Waals surface area contributed by atoms with Gasteiger partial charge in [-0.05, 0) is 36.8 Å². The largest absolute Gasteiger partial charge is 0.319 e. The van der Waals surface area contributed by atoms with Gasteiger partial charge in [-0.3, -0.25) is 4.72 Å². The molecule has 28 heavy (non-hydrogen) atoms. The van der Waals surface area contributed by atoms with Crippen molar-refractivity contribution in [3.63, 3.8) is 0 Å². The lowest BCUT2D eigenvalue weighted by atomic mass is 10.1. The van der Waals surface area contributed by atoms with Crippen LogP contribution in [0.5, 0.6) is 0 Å². The third-order valence-electron chi connectivity index (χ3n) is 4.54. The fourth-order valence-corrected chi connectivity index (χ4v) is 3.82. The Hall–Kier alpha value is -3.12. The summed E-state index contributed by atoms with van der Waals surface area (Å²) in [6, 6.07) is 23.8. The standard InChI is InChI=1S/C22H21N3O2S/c1-16-10-12-17(13-11-16)15-25-21-9-4-3-8-20(21)23-22(25)18-6-5-7-19(14-18)24-28(2,26)27/h3-14,24H,15H2,1-2H3. The summed E-state index contributed by atoms with van der Waals surface area (Å²) in [5.74, 6) is 0.805. The number of aryl methyl sites for hydroxylation is 1. The topological polar surface area (TPSA) is 64.0 Å². The van der Waals surface area contributed by atoms with Crippen LogP contribution in [0.3, 0.4) is 0 Å². The van der Waals surface area contributed by atoms with Crippen LogP contribution in [-0.4, -0.2) is 24.2 Å². The number of hydrogen-bond acceptors (Lipinski definition) is 3. The van der Waals surface area contributed by atoms with Gasteiger partial charge in [0.15, 0.2) is 0 Å². The van der Waals surface area contributed by atoms with E-state index >= 15 is 0 Å². The summed E-state index contributed by atoms with van der Waals surface area (Å²) in [5.41, 5.74) is 5.73. The van der Waals surface area contributed by atoms with Crippen molar-refractivity contribution in [2.75, 3.05) is 11.0 Å². The molecule has 142 valence electrons. The number of rotatable bonds is 5. The molecule has 0 fully saturated rings. The molecule has 0 saturated carbocycles. The minimum atomic E-state index is -3.34. The van der Waals surface area contributed by atoms with Crippen LogP contribution in [0.4, 0.5) is 5.69 Å². The minimum absolute atomic E-state index is 0.522. The maximum atomic E-state index is 11.6. The summed E-state index contributed by atoms with van der Waals surface area (Å²) in [6.45, 7) is 2.75. The van der Waals surface area contributed by atoms with Crippen LogP contribution in [-0.2, 0) is 16.6 Å². The van der Waals surface area contributed by atoms with Crippen molar-refractivity contribution in [1.82, 2.24) is 9.55 Å². The summed E-state index contributed by atoms with van der Waals surface area (Å²) < 4.78 is 27.9. The number of imidazole rings is 1. The van der Waals surface area contributed by atoms with Gasteiger partial charge in [-0.2, -0.15) is 0 Å². The molecule has 0 amide bonds. The average molecular weight is 391 g/mol. The molecule has 0 aliphatic carbocycles. The first-order valence-corrected chi connectivity index (χ1v) is 10.9. The average Bonchev–Trinajstić information content (AvgIpc) is 3.01. The summed E-state index contributed by atoms with van der Waals surface area (Å²) in [6.07, 6.45) is 1.15. The van der Waals surface area contributed by atoms with Crippen LogP contribution in [0.25, 0.3) is 22.4 Å². The molecule has 0 radical (unpaired) electrons. The molecular weight excluding hydrogens is 370 g/mol. The zero-order valence-corrected chi connectivity index (χ0v) is 16.6. The molecule has 1 aromatic heterocycles. The SMILES string of the molecule is Cc1ccc(Cn2c(-c3cccc(NS(C)(=O)=O)c3)nc3ccccc32)cc1. The highest BCUT2D eigenvalue weighted by Gasteiger charge is 2.14. The van der Waals surface area contributed by atoms with Crippen molar-refractivity contribution in [3.05, 3.63) is 83.9 Å². The first-order chi connectivity index (χ1) is 13.4. The molecule has 3 aromatic carbocycles. The Bertz CT molecular complexity index is 1240. The Morgan fingerprint density at radius 3 is 2.46 bits per heavy atom. The van der Waals surface area contributed by atoms with Gasteiger partial charge in [-0.25, -0.2) is 13.4 Å². The predicted octanol–water partition coefficient (Wildman–Crippen LogP) is 4.43. The molecule has 0 aliphatic rings. The second kappa shape index (κ2) is 7.13. The molecule has 0 unspecified atom stereocenters. The molecule has 1 N–H and O–H groups in total. The van der Waals surface area contributed by atoms with Gasteiger partial charge in [0.2, 0.25) is 10.0 Å². The third-order valence-corrected chi connectivity index (χ3v) is 5.15. The minimum Gasteiger partial charge on any atom is -0.319 e. The van der Waals surface area contributed by atoms with E-state index in [-0.39, 0.29) is 0 Å². The van der Waals surface area contributed by atoms with Crippen LogP contribution >= 0.6 is 0 Å². The Labute approximate surface area is 164 Å². The fourth-order valence-electron chi connectivity index (χ4n) is 3.27. The van der Waals surface area contributed by atoms with Crippen LogP contribution in [0.1, 0.15) is 11.1 Å². The maximum absolute atomic E-state index is 11.6. The molecule has 1 heterocycles. The lowest BCUT2D eigenvalue weighted by molar-refractivity contribution is 0.607. The predicted molar refractivity (Wildman–Crippen MR) is 114 cm³/mol. The summed E-state index contributed by atoms with van der Waals surface area (Å²) in [7, 11) is -3.34. The van der Waals surface area contributed by atoms with Crippen LogP contribution in [0.15, 0.2) is 72.8 Å². The number of hydrogen-bond donors (Lipinski definition) is 1. The number of fused-ring (bicyclic) bond motifs is 1. The van der Waals surface area contributed by atoms with Crippen molar-refractivity contribution in [1.29, 1.82) is 0 Å². The van der Waals surface area contributed by atoms with E-state index in [1.165, 1.54) is 11.1 Å². The lowest BCUT2D eigenvalue weighted by Gasteiger charge is -2.11. The molecule has 6 heteroatoms. The van der Waals surface area contributed by atoms with E-state index in [0.29, 0.717) is 12.2 Å². The highest BCUT2D eigenvalue weighted by Crippen LogP contribution is 2.28. The molecule has 0 saturated heterocycles.